The van der Waals surface area contributed by atoms with E-state index in [-0.39, 0.29) is 0 Å². The van der Waals surface area contributed by atoms with Gasteiger partial charge in [-0.05, 0) is 30.5 Å². The van der Waals surface area contributed by atoms with Crippen LogP contribution in [0.4, 0.5) is 17.2 Å². The van der Waals surface area contributed by atoms with Gasteiger partial charge in [-0.3, -0.25) is 0 Å². The summed E-state index contributed by atoms with van der Waals surface area (Å²) in [5.41, 5.74) is 9.56. The summed E-state index contributed by atoms with van der Waals surface area (Å²) in [6, 6.07) is 12.0. The number of anilines is 3. The Morgan fingerprint density at radius 3 is 2.95 bits per heavy atom. The minimum Gasteiger partial charge on any atom is -0.396 e. The quantitative estimate of drug-likeness (QED) is 0.844. The second-order valence-corrected chi connectivity index (χ2v) is 4.63. The molecule has 1 aliphatic rings. The first-order chi connectivity index (χ1) is 9.29. The van der Waals surface area contributed by atoms with Crippen LogP contribution in [0.1, 0.15) is 17.5 Å². The summed E-state index contributed by atoms with van der Waals surface area (Å²) in [7, 11) is 0. The molecular weight excluding hydrogens is 236 g/mol. The summed E-state index contributed by atoms with van der Waals surface area (Å²) < 4.78 is 0. The predicted octanol–water partition coefficient (Wildman–Crippen LogP) is 2.62. The van der Waals surface area contributed by atoms with Crippen LogP contribution in [0, 0.1) is 11.3 Å². The molecule has 94 valence electrons. The molecule has 0 spiro atoms. The molecule has 2 aromatic rings. The van der Waals surface area contributed by atoms with E-state index in [4.69, 9.17) is 11.0 Å². The number of nitrogen functional groups attached to an aromatic ring is 1. The largest absolute Gasteiger partial charge is 0.396 e. The molecule has 0 radical (unpaired) electrons. The number of rotatable bonds is 1. The summed E-state index contributed by atoms with van der Waals surface area (Å²) in [4.78, 5) is 6.48. The second-order valence-electron chi connectivity index (χ2n) is 4.63. The Balaban J connectivity index is 2.07. The summed E-state index contributed by atoms with van der Waals surface area (Å²) in [5.74, 6) is 0.742. The highest BCUT2D eigenvalue weighted by Crippen LogP contribution is 2.34. The molecule has 4 nitrogen and oxygen atoms in total. The van der Waals surface area contributed by atoms with Gasteiger partial charge in [-0.2, -0.15) is 5.26 Å². The molecule has 3 rings (SSSR count). The van der Waals surface area contributed by atoms with Gasteiger partial charge in [-0.15, -0.1) is 0 Å². The molecule has 0 fully saturated rings. The molecule has 1 aromatic heterocycles. The summed E-state index contributed by atoms with van der Waals surface area (Å²) in [6.07, 6.45) is 3.74. The Bertz CT molecular complexity index is 657. The van der Waals surface area contributed by atoms with Gasteiger partial charge in [0.1, 0.15) is 6.07 Å². The van der Waals surface area contributed by atoms with Crippen LogP contribution in [0.15, 0.2) is 36.5 Å². The summed E-state index contributed by atoms with van der Waals surface area (Å²) in [6.45, 7) is 0.903. The third kappa shape index (κ3) is 2.00. The maximum atomic E-state index is 8.86. The van der Waals surface area contributed by atoms with Crippen molar-refractivity contribution in [1.82, 2.24) is 4.98 Å². The average molecular weight is 250 g/mol. The second kappa shape index (κ2) is 4.62. The molecule has 2 heterocycles. The highest BCUT2D eigenvalue weighted by atomic mass is 15.2. The van der Waals surface area contributed by atoms with Gasteiger partial charge in [-0.25, -0.2) is 4.98 Å². The minimum atomic E-state index is 0.492. The number of benzene rings is 1. The van der Waals surface area contributed by atoms with Crippen molar-refractivity contribution in [1.29, 1.82) is 5.26 Å². The van der Waals surface area contributed by atoms with Gasteiger partial charge in [0.05, 0.1) is 11.3 Å². The van der Waals surface area contributed by atoms with E-state index in [0.29, 0.717) is 11.3 Å². The van der Waals surface area contributed by atoms with E-state index in [9.17, 15) is 0 Å². The molecule has 1 aromatic carbocycles. The van der Waals surface area contributed by atoms with E-state index in [0.717, 1.165) is 30.9 Å². The summed E-state index contributed by atoms with van der Waals surface area (Å²) >= 11 is 0. The Morgan fingerprint density at radius 2 is 2.16 bits per heavy atom. The number of para-hydroxylation sites is 1. The molecule has 0 aliphatic carbocycles. The Kier molecular flexibility index (Phi) is 2.81. The lowest BCUT2D eigenvalue weighted by atomic mass is 10.0. The van der Waals surface area contributed by atoms with Gasteiger partial charge >= 0.3 is 0 Å². The van der Waals surface area contributed by atoms with Gasteiger partial charge in [-0.1, -0.05) is 18.2 Å². The average Bonchev–Trinajstić information content (AvgIpc) is 2.46. The predicted molar refractivity (Wildman–Crippen MR) is 75.1 cm³/mol. The first kappa shape index (κ1) is 11.5. The number of nitrogens with zero attached hydrogens (tertiary/aromatic N) is 3. The van der Waals surface area contributed by atoms with Crippen LogP contribution in [0.25, 0.3) is 0 Å². The number of hydrogen-bond donors (Lipinski definition) is 1. The van der Waals surface area contributed by atoms with Crippen molar-refractivity contribution in [3.63, 3.8) is 0 Å². The van der Waals surface area contributed by atoms with Crippen LogP contribution in [-0.2, 0) is 6.42 Å². The number of hydrogen-bond acceptors (Lipinski definition) is 4. The molecule has 19 heavy (non-hydrogen) atoms. The fraction of sp³-hybridized carbons (Fsp3) is 0.200. The van der Waals surface area contributed by atoms with Crippen LogP contribution in [-0.4, -0.2) is 11.5 Å². The molecular formula is C15H14N4. The number of aryl methyl sites for hydroxylation is 1. The van der Waals surface area contributed by atoms with E-state index >= 15 is 0 Å². The van der Waals surface area contributed by atoms with E-state index in [1.165, 1.54) is 5.56 Å². The minimum absolute atomic E-state index is 0.492. The van der Waals surface area contributed by atoms with Crippen LogP contribution in [0.5, 0.6) is 0 Å². The van der Waals surface area contributed by atoms with E-state index in [1.54, 1.807) is 12.3 Å². The van der Waals surface area contributed by atoms with Gasteiger partial charge in [0, 0.05) is 18.4 Å². The normalized spacial score (nSPS) is 13.7. The van der Waals surface area contributed by atoms with Crippen LogP contribution in [0.3, 0.4) is 0 Å². The number of fused-ring (bicyclic) bond motifs is 1. The fourth-order valence-electron chi connectivity index (χ4n) is 2.51. The van der Waals surface area contributed by atoms with Gasteiger partial charge in [0.15, 0.2) is 5.82 Å². The van der Waals surface area contributed by atoms with Crippen molar-refractivity contribution in [2.24, 2.45) is 0 Å². The fourth-order valence-corrected chi connectivity index (χ4v) is 2.51. The number of nitrogens with two attached hydrogens (primary N) is 1. The van der Waals surface area contributed by atoms with Crippen LogP contribution >= 0.6 is 0 Å². The topological polar surface area (TPSA) is 65.9 Å². The van der Waals surface area contributed by atoms with Crippen molar-refractivity contribution in [2.45, 2.75) is 12.8 Å². The molecule has 0 unspecified atom stereocenters. The first-order valence-corrected chi connectivity index (χ1v) is 6.30. The van der Waals surface area contributed by atoms with Crippen molar-refractivity contribution in [2.75, 3.05) is 17.2 Å². The maximum absolute atomic E-state index is 8.86. The standard InChI is InChI=1S/C15H14N4/c16-9-11-8-13(17)15(18-10-11)19-7-3-5-12-4-1-2-6-14(12)19/h1-2,4,6,8,10H,3,5,7,17H2. The third-order valence-corrected chi connectivity index (χ3v) is 3.39. The SMILES string of the molecule is N#Cc1cnc(N2CCCc3ccccc32)c(N)c1. The smallest absolute Gasteiger partial charge is 0.156 e. The lowest BCUT2D eigenvalue weighted by Crippen LogP contribution is -2.26. The Morgan fingerprint density at radius 1 is 1.32 bits per heavy atom. The lowest BCUT2D eigenvalue weighted by Gasteiger charge is -2.31. The Hall–Kier alpha value is -2.54. The third-order valence-electron chi connectivity index (χ3n) is 3.39. The van der Waals surface area contributed by atoms with E-state index in [1.807, 2.05) is 6.07 Å². The van der Waals surface area contributed by atoms with E-state index in [2.05, 4.69) is 34.2 Å². The molecule has 0 bridgehead atoms. The van der Waals surface area contributed by atoms with Crippen molar-refractivity contribution >= 4 is 17.2 Å². The van der Waals surface area contributed by atoms with Crippen molar-refractivity contribution < 1.29 is 0 Å². The molecule has 4 heteroatoms. The lowest BCUT2D eigenvalue weighted by molar-refractivity contribution is 0.760. The highest BCUT2D eigenvalue weighted by molar-refractivity contribution is 5.74. The zero-order chi connectivity index (χ0) is 13.2. The Labute approximate surface area is 112 Å². The van der Waals surface area contributed by atoms with Crippen molar-refractivity contribution in [3.8, 4) is 6.07 Å². The van der Waals surface area contributed by atoms with E-state index < -0.39 is 0 Å². The number of aromatic nitrogens is 1. The van der Waals surface area contributed by atoms with Crippen LogP contribution < -0.4 is 10.6 Å². The van der Waals surface area contributed by atoms with Gasteiger partial charge < -0.3 is 10.6 Å². The molecule has 0 saturated carbocycles. The number of nitriles is 1. The zero-order valence-electron chi connectivity index (χ0n) is 10.5. The molecule has 2 N–H and O–H groups in total. The molecule has 1 aliphatic heterocycles. The van der Waals surface area contributed by atoms with Gasteiger partial charge in [0.2, 0.25) is 0 Å². The van der Waals surface area contributed by atoms with Gasteiger partial charge in [0.25, 0.3) is 0 Å². The van der Waals surface area contributed by atoms with Crippen LogP contribution in [0.2, 0.25) is 0 Å². The zero-order valence-corrected chi connectivity index (χ0v) is 10.5. The maximum Gasteiger partial charge on any atom is 0.156 e. The molecule has 0 atom stereocenters. The molecule has 0 amide bonds. The monoisotopic (exact) mass is 250 g/mol. The first-order valence-electron chi connectivity index (χ1n) is 6.30. The summed E-state index contributed by atoms with van der Waals surface area (Å²) in [5, 5.41) is 8.86. The van der Waals surface area contributed by atoms with Crippen molar-refractivity contribution in [3.05, 3.63) is 47.7 Å². The highest BCUT2D eigenvalue weighted by Gasteiger charge is 2.20. The number of pyridine rings is 1. The molecule has 0 saturated heterocycles.